The van der Waals surface area contributed by atoms with Crippen LogP contribution in [-0.4, -0.2) is 66.4 Å². The van der Waals surface area contributed by atoms with E-state index in [1.807, 2.05) is 17.0 Å². The van der Waals surface area contributed by atoms with Gasteiger partial charge in [0.15, 0.2) is 0 Å². The summed E-state index contributed by atoms with van der Waals surface area (Å²) in [5.74, 6) is 1.31. The molecule has 2 aliphatic rings. The Balaban J connectivity index is 1.41. The first-order valence-corrected chi connectivity index (χ1v) is 8.56. The van der Waals surface area contributed by atoms with Gasteiger partial charge in [-0.1, -0.05) is 12.8 Å². The van der Waals surface area contributed by atoms with Crippen LogP contribution in [0.3, 0.4) is 0 Å². The van der Waals surface area contributed by atoms with Gasteiger partial charge in [-0.2, -0.15) is 0 Å². The van der Waals surface area contributed by atoms with Crippen LogP contribution in [0.5, 0.6) is 0 Å². The molecule has 22 heavy (non-hydrogen) atoms. The van der Waals surface area contributed by atoms with E-state index >= 15 is 0 Å². The van der Waals surface area contributed by atoms with Gasteiger partial charge in [-0.3, -0.25) is 14.6 Å². The Morgan fingerprint density at radius 2 is 1.68 bits per heavy atom. The van der Waals surface area contributed by atoms with E-state index in [0.717, 1.165) is 51.6 Å². The summed E-state index contributed by atoms with van der Waals surface area (Å²) in [6, 6.07) is 3.94. The molecule has 5 heteroatoms. The van der Waals surface area contributed by atoms with E-state index in [-0.39, 0.29) is 0 Å². The van der Waals surface area contributed by atoms with Gasteiger partial charge in [-0.25, -0.2) is 0 Å². The van der Waals surface area contributed by atoms with Crippen molar-refractivity contribution in [3.8, 4) is 0 Å². The Kier molecular flexibility index (Phi) is 5.51. The van der Waals surface area contributed by atoms with Crippen LogP contribution in [0.4, 0.5) is 0 Å². The minimum Gasteiger partial charge on any atom is -0.468 e. The molecule has 2 saturated heterocycles. The van der Waals surface area contributed by atoms with Crippen molar-refractivity contribution in [2.45, 2.75) is 32.2 Å². The molecule has 1 aromatic heterocycles. The molecule has 122 valence electrons. The topological polar surface area (TPSA) is 39.9 Å². The molecule has 0 bridgehead atoms. The van der Waals surface area contributed by atoms with Crippen LogP contribution in [0.25, 0.3) is 0 Å². The molecule has 1 amide bonds. The van der Waals surface area contributed by atoms with Crippen molar-refractivity contribution in [3.63, 3.8) is 0 Å². The SMILES string of the molecule is O=C(CN1CCCCCC1)N1CCN(Cc2ccco2)CC1. The fourth-order valence-electron chi connectivity index (χ4n) is 3.36. The fourth-order valence-corrected chi connectivity index (χ4v) is 3.36. The van der Waals surface area contributed by atoms with Crippen molar-refractivity contribution in [3.05, 3.63) is 24.2 Å². The average Bonchev–Trinajstić information content (AvgIpc) is 2.91. The highest BCUT2D eigenvalue weighted by atomic mass is 16.3. The molecule has 0 aromatic carbocycles. The molecule has 3 heterocycles. The predicted molar refractivity (Wildman–Crippen MR) is 85.5 cm³/mol. The lowest BCUT2D eigenvalue weighted by Gasteiger charge is -2.35. The molecule has 5 nitrogen and oxygen atoms in total. The van der Waals surface area contributed by atoms with Crippen LogP contribution in [0.1, 0.15) is 31.4 Å². The van der Waals surface area contributed by atoms with Crippen molar-refractivity contribution >= 4 is 5.91 Å². The van der Waals surface area contributed by atoms with Crippen LogP contribution in [0.2, 0.25) is 0 Å². The molecular weight excluding hydrogens is 278 g/mol. The van der Waals surface area contributed by atoms with E-state index in [1.165, 1.54) is 25.7 Å². The summed E-state index contributed by atoms with van der Waals surface area (Å²) < 4.78 is 5.39. The molecule has 0 radical (unpaired) electrons. The maximum Gasteiger partial charge on any atom is 0.236 e. The molecule has 0 unspecified atom stereocenters. The lowest BCUT2D eigenvalue weighted by atomic mass is 10.2. The van der Waals surface area contributed by atoms with Crippen LogP contribution in [0, 0.1) is 0 Å². The standard InChI is InChI=1S/C17H27N3O2/c21-17(15-18-7-3-1-2-4-8-18)20-11-9-19(10-12-20)14-16-6-5-13-22-16/h5-6,13H,1-4,7-12,14-15H2. The molecule has 0 saturated carbocycles. The first kappa shape index (κ1) is 15.6. The summed E-state index contributed by atoms with van der Waals surface area (Å²) in [6.45, 7) is 7.19. The lowest BCUT2D eigenvalue weighted by molar-refractivity contribution is -0.134. The summed E-state index contributed by atoms with van der Waals surface area (Å²) in [5.41, 5.74) is 0. The van der Waals surface area contributed by atoms with Crippen molar-refractivity contribution < 1.29 is 9.21 Å². The predicted octanol–water partition coefficient (Wildman–Crippen LogP) is 1.80. The van der Waals surface area contributed by atoms with E-state index in [4.69, 9.17) is 4.42 Å². The second-order valence-electron chi connectivity index (χ2n) is 6.43. The highest BCUT2D eigenvalue weighted by Gasteiger charge is 2.23. The van der Waals surface area contributed by atoms with Gasteiger partial charge in [0, 0.05) is 26.2 Å². The Bertz CT molecular complexity index is 444. The van der Waals surface area contributed by atoms with Gasteiger partial charge < -0.3 is 9.32 Å². The number of carbonyl (C=O) groups excluding carboxylic acids is 1. The first-order valence-electron chi connectivity index (χ1n) is 8.56. The van der Waals surface area contributed by atoms with Gasteiger partial charge in [-0.15, -0.1) is 0 Å². The smallest absolute Gasteiger partial charge is 0.236 e. The molecule has 2 aliphatic heterocycles. The largest absolute Gasteiger partial charge is 0.468 e. The Hall–Kier alpha value is -1.33. The first-order chi connectivity index (χ1) is 10.8. The number of hydrogen-bond donors (Lipinski definition) is 0. The minimum atomic E-state index is 0.305. The number of piperazine rings is 1. The normalized spacial score (nSPS) is 21.7. The Morgan fingerprint density at radius 3 is 2.32 bits per heavy atom. The maximum absolute atomic E-state index is 12.4. The zero-order valence-electron chi connectivity index (χ0n) is 13.4. The van der Waals surface area contributed by atoms with Crippen molar-refractivity contribution in [2.24, 2.45) is 0 Å². The summed E-state index contributed by atoms with van der Waals surface area (Å²) in [6.07, 6.45) is 6.83. The van der Waals surface area contributed by atoms with E-state index in [2.05, 4.69) is 9.80 Å². The van der Waals surface area contributed by atoms with E-state index in [9.17, 15) is 4.79 Å². The second kappa shape index (κ2) is 7.79. The molecule has 1 aromatic rings. The second-order valence-corrected chi connectivity index (χ2v) is 6.43. The molecule has 0 spiro atoms. The van der Waals surface area contributed by atoms with Crippen LogP contribution in [0.15, 0.2) is 22.8 Å². The van der Waals surface area contributed by atoms with E-state index in [1.54, 1.807) is 6.26 Å². The zero-order chi connectivity index (χ0) is 15.2. The monoisotopic (exact) mass is 305 g/mol. The minimum absolute atomic E-state index is 0.305. The van der Waals surface area contributed by atoms with Gasteiger partial charge in [-0.05, 0) is 38.1 Å². The summed E-state index contributed by atoms with van der Waals surface area (Å²) in [7, 11) is 0. The molecule has 0 aliphatic carbocycles. The Labute approximate surface area is 132 Å². The quantitative estimate of drug-likeness (QED) is 0.850. The fraction of sp³-hybridized carbons (Fsp3) is 0.706. The maximum atomic E-state index is 12.4. The van der Waals surface area contributed by atoms with Gasteiger partial charge in [0.1, 0.15) is 5.76 Å². The van der Waals surface area contributed by atoms with Crippen LogP contribution >= 0.6 is 0 Å². The van der Waals surface area contributed by atoms with Crippen molar-refractivity contribution in [1.82, 2.24) is 14.7 Å². The molecule has 3 rings (SSSR count). The number of furan rings is 1. The lowest BCUT2D eigenvalue weighted by Crippen LogP contribution is -2.51. The van der Waals surface area contributed by atoms with Gasteiger partial charge >= 0.3 is 0 Å². The number of nitrogens with zero attached hydrogens (tertiary/aromatic N) is 3. The van der Waals surface area contributed by atoms with Crippen molar-refractivity contribution in [1.29, 1.82) is 0 Å². The highest BCUT2D eigenvalue weighted by Crippen LogP contribution is 2.12. The van der Waals surface area contributed by atoms with Gasteiger partial charge in [0.25, 0.3) is 0 Å². The van der Waals surface area contributed by atoms with Crippen molar-refractivity contribution in [2.75, 3.05) is 45.8 Å². The number of hydrogen-bond acceptors (Lipinski definition) is 4. The third-order valence-electron chi connectivity index (χ3n) is 4.74. The molecule has 0 atom stereocenters. The van der Waals surface area contributed by atoms with E-state index in [0.29, 0.717) is 12.5 Å². The average molecular weight is 305 g/mol. The molecule has 0 N–H and O–H groups in total. The number of rotatable bonds is 4. The van der Waals surface area contributed by atoms with Crippen LogP contribution in [-0.2, 0) is 11.3 Å². The third-order valence-corrected chi connectivity index (χ3v) is 4.74. The molecule has 2 fully saturated rings. The number of amides is 1. The summed E-state index contributed by atoms with van der Waals surface area (Å²) in [5, 5.41) is 0. The number of carbonyl (C=O) groups is 1. The van der Waals surface area contributed by atoms with E-state index < -0.39 is 0 Å². The highest BCUT2D eigenvalue weighted by molar-refractivity contribution is 5.78. The number of likely N-dealkylation sites (tertiary alicyclic amines) is 1. The van der Waals surface area contributed by atoms with Gasteiger partial charge in [0.2, 0.25) is 5.91 Å². The summed E-state index contributed by atoms with van der Waals surface area (Å²) >= 11 is 0. The zero-order valence-corrected chi connectivity index (χ0v) is 13.4. The van der Waals surface area contributed by atoms with Crippen LogP contribution < -0.4 is 0 Å². The molecular formula is C17H27N3O2. The third kappa shape index (κ3) is 4.34. The van der Waals surface area contributed by atoms with Gasteiger partial charge in [0.05, 0.1) is 19.4 Å². The Morgan fingerprint density at radius 1 is 0.955 bits per heavy atom. The summed E-state index contributed by atoms with van der Waals surface area (Å²) in [4.78, 5) is 19.2.